The summed E-state index contributed by atoms with van der Waals surface area (Å²) in [5.41, 5.74) is 21.2. The molecule has 0 atom stereocenters. The van der Waals surface area contributed by atoms with Crippen molar-refractivity contribution < 1.29 is 13.9 Å². The van der Waals surface area contributed by atoms with Crippen molar-refractivity contribution in [2.45, 2.75) is 91.4 Å². The number of furan rings is 1. The van der Waals surface area contributed by atoms with Crippen LogP contribution in [0.1, 0.15) is 89.1 Å². The van der Waals surface area contributed by atoms with Gasteiger partial charge in [-0.15, -0.1) is 0 Å². The highest BCUT2D eigenvalue weighted by molar-refractivity contribution is 6.93. The molecule has 1 aliphatic carbocycles. The Kier molecular flexibility index (Phi) is 8.56. The van der Waals surface area contributed by atoms with E-state index in [2.05, 4.69) is 193 Å². The molecule has 0 radical (unpaired) electrons. The second kappa shape index (κ2) is 14.2. The summed E-state index contributed by atoms with van der Waals surface area (Å²) < 4.78 is 20.4. The van der Waals surface area contributed by atoms with E-state index in [4.69, 9.17) is 13.9 Å². The zero-order valence-electron chi connectivity index (χ0n) is 40.5. The monoisotopic (exact) mass is 886 g/mol. The third-order valence-electron chi connectivity index (χ3n) is 15.7. The zero-order chi connectivity index (χ0) is 46.6. The molecule has 0 amide bonds. The average molecular weight is 887 g/mol. The van der Waals surface area contributed by atoms with E-state index in [1.165, 1.54) is 61.3 Å². The van der Waals surface area contributed by atoms with Crippen LogP contribution in [0.2, 0.25) is 0 Å². The van der Waals surface area contributed by atoms with Crippen molar-refractivity contribution in [3.05, 3.63) is 173 Å². The Morgan fingerprint density at radius 2 is 1.19 bits per heavy atom. The van der Waals surface area contributed by atoms with Crippen molar-refractivity contribution in [1.82, 2.24) is 0 Å². The van der Waals surface area contributed by atoms with E-state index in [9.17, 15) is 0 Å². The lowest BCUT2D eigenvalue weighted by molar-refractivity contribution is 0.332. The van der Waals surface area contributed by atoms with Crippen LogP contribution in [0.4, 0.5) is 28.4 Å². The average Bonchev–Trinajstić information content (AvgIpc) is 3.69. The number of ether oxygens (including phenoxy) is 2. The predicted molar refractivity (Wildman–Crippen MR) is 283 cm³/mol. The summed E-state index contributed by atoms with van der Waals surface area (Å²) in [6, 6.07) is 53.6. The SMILES string of the molecule is Cc1cc2c3c(c1)N(c1cc4c(cc1C)C(C)(C)CCC4(C)C)c1cc4c(cc1B3N(c1ccc(C(C)(C)C)cc1-c1ccccc1)c1cc3c(cc1-2)oc1ccccc13)Oc1ccccc1O4. The third-order valence-corrected chi connectivity index (χ3v) is 15.7. The highest BCUT2D eigenvalue weighted by Crippen LogP contribution is 2.55. The fraction of sp³-hybridized carbons (Fsp3) is 0.226. The fourth-order valence-electron chi connectivity index (χ4n) is 11.9. The summed E-state index contributed by atoms with van der Waals surface area (Å²) in [4.78, 5) is 5.19. The molecule has 0 saturated heterocycles. The number of anilines is 5. The molecule has 0 bridgehead atoms. The van der Waals surface area contributed by atoms with Crippen LogP contribution in [0.5, 0.6) is 23.0 Å². The van der Waals surface area contributed by atoms with Crippen LogP contribution in [0, 0.1) is 13.8 Å². The zero-order valence-corrected chi connectivity index (χ0v) is 40.5. The topological polar surface area (TPSA) is 38.1 Å². The Labute approximate surface area is 400 Å². The predicted octanol–water partition coefficient (Wildman–Crippen LogP) is 16.1. The summed E-state index contributed by atoms with van der Waals surface area (Å²) in [6.07, 6.45) is 2.29. The molecular weight excluding hydrogens is 832 g/mol. The molecule has 0 unspecified atom stereocenters. The first-order valence-corrected chi connectivity index (χ1v) is 24.3. The molecule has 0 N–H and O–H groups in total. The van der Waals surface area contributed by atoms with Crippen molar-refractivity contribution in [2.24, 2.45) is 0 Å². The smallest absolute Gasteiger partial charge is 0.333 e. The van der Waals surface area contributed by atoms with Crippen molar-refractivity contribution in [3.8, 4) is 45.3 Å². The van der Waals surface area contributed by atoms with Gasteiger partial charge >= 0.3 is 6.85 Å². The van der Waals surface area contributed by atoms with Gasteiger partial charge in [-0.1, -0.05) is 127 Å². The van der Waals surface area contributed by atoms with Crippen molar-refractivity contribution in [2.75, 3.05) is 9.71 Å². The molecule has 13 rings (SSSR count). The van der Waals surface area contributed by atoms with Gasteiger partial charge < -0.3 is 23.6 Å². The van der Waals surface area contributed by atoms with E-state index in [0.717, 1.165) is 62.9 Å². The normalized spacial score (nSPS) is 16.0. The first-order valence-electron chi connectivity index (χ1n) is 24.3. The standard InChI is InChI=1S/C62H55BN2O3/c1-36-27-44-42-32-56-43(40-19-13-14-20-53(40)66-56)31-50(42)65(48-24-23-39(60(3,4)5)30-41(48)38-17-11-10-12-18-38)63-47-34-57-58(68-55-22-16-15-21-54(55)67-57)35-51(47)64(52(28-36)59(44)63)49-33-46-45(29-37(49)2)61(6,7)25-26-62(46,8)9/h10-24,27-35H,25-26H2,1-9H3. The second-order valence-electron chi connectivity index (χ2n) is 22.1. The molecule has 4 aliphatic rings. The summed E-state index contributed by atoms with van der Waals surface area (Å²) in [7, 11) is 0. The maximum Gasteiger partial charge on any atom is 0.333 e. The maximum absolute atomic E-state index is 6.86. The Balaban J connectivity index is 1.17. The Morgan fingerprint density at radius 1 is 0.515 bits per heavy atom. The molecule has 8 aromatic carbocycles. The lowest BCUT2D eigenvalue weighted by Crippen LogP contribution is -2.61. The molecule has 9 aromatic rings. The molecule has 334 valence electrons. The van der Waals surface area contributed by atoms with Crippen LogP contribution in [0.25, 0.3) is 44.2 Å². The van der Waals surface area contributed by atoms with E-state index >= 15 is 0 Å². The van der Waals surface area contributed by atoms with E-state index in [1.54, 1.807) is 0 Å². The molecule has 3 aliphatic heterocycles. The molecule has 6 heteroatoms. The third kappa shape index (κ3) is 6.02. The number of para-hydroxylation sites is 3. The van der Waals surface area contributed by atoms with E-state index in [1.807, 2.05) is 24.3 Å². The summed E-state index contributed by atoms with van der Waals surface area (Å²) in [5.74, 6) is 2.84. The number of hydrogen-bond donors (Lipinski definition) is 0. The summed E-state index contributed by atoms with van der Waals surface area (Å²) in [6.45, 7) is 20.9. The van der Waals surface area contributed by atoms with Crippen LogP contribution in [0.15, 0.2) is 150 Å². The van der Waals surface area contributed by atoms with Crippen molar-refractivity contribution >= 4 is 68.1 Å². The number of rotatable bonds is 3. The van der Waals surface area contributed by atoms with Gasteiger partial charge in [0.25, 0.3) is 0 Å². The Morgan fingerprint density at radius 3 is 1.93 bits per heavy atom. The van der Waals surface area contributed by atoms with Crippen LogP contribution in [-0.4, -0.2) is 6.85 Å². The molecule has 0 saturated carbocycles. The molecular formula is C62H55BN2O3. The summed E-state index contributed by atoms with van der Waals surface area (Å²) >= 11 is 0. The molecule has 4 heterocycles. The van der Waals surface area contributed by atoms with Gasteiger partial charge in [0.2, 0.25) is 0 Å². The Bertz CT molecular complexity index is 3610. The summed E-state index contributed by atoms with van der Waals surface area (Å²) in [5, 5.41) is 2.20. The van der Waals surface area contributed by atoms with Crippen LogP contribution in [0.3, 0.4) is 0 Å². The second-order valence-corrected chi connectivity index (χ2v) is 22.1. The minimum atomic E-state index is -0.266. The molecule has 5 nitrogen and oxygen atoms in total. The minimum Gasteiger partial charge on any atom is -0.456 e. The highest BCUT2D eigenvalue weighted by Gasteiger charge is 2.48. The van der Waals surface area contributed by atoms with E-state index in [-0.39, 0.29) is 23.1 Å². The van der Waals surface area contributed by atoms with Gasteiger partial charge in [-0.05, 0) is 153 Å². The highest BCUT2D eigenvalue weighted by atomic mass is 16.6. The lowest BCUT2D eigenvalue weighted by Gasteiger charge is -2.47. The first kappa shape index (κ1) is 41.0. The molecule has 68 heavy (non-hydrogen) atoms. The number of hydrogen-bond acceptors (Lipinski definition) is 5. The largest absolute Gasteiger partial charge is 0.456 e. The number of nitrogens with zero attached hydrogens (tertiary/aromatic N) is 2. The van der Waals surface area contributed by atoms with Gasteiger partial charge in [0.05, 0.1) is 0 Å². The van der Waals surface area contributed by atoms with Crippen molar-refractivity contribution in [3.63, 3.8) is 0 Å². The van der Waals surface area contributed by atoms with Gasteiger partial charge in [0.15, 0.2) is 23.0 Å². The quantitative estimate of drug-likeness (QED) is 0.165. The van der Waals surface area contributed by atoms with Crippen LogP contribution in [-0.2, 0) is 16.2 Å². The number of fused-ring (bicyclic) bond motifs is 10. The van der Waals surface area contributed by atoms with E-state index in [0.29, 0.717) is 23.0 Å². The molecule has 1 aromatic heterocycles. The van der Waals surface area contributed by atoms with Gasteiger partial charge in [-0.3, -0.25) is 0 Å². The lowest BCUT2D eigenvalue weighted by atomic mass is 9.43. The minimum absolute atomic E-state index is 0.0117. The van der Waals surface area contributed by atoms with Gasteiger partial charge in [-0.25, -0.2) is 0 Å². The molecule has 0 fully saturated rings. The fourth-order valence-corrected chi connectivity index (χ4v) is 11.9. The van der Waals surface area contributed by atoms with Crippen molar-refractivity contribution in [1.29, 1.82) is 0 Å². The number of benzene rings is 8. The van der Waals surface area contributed by atoms with Gasteiger partial charge in [-0.2, -0.15) is 0 Å². The van der Waals surface area contributed by atoms with Gasteiger partial charge in [0.1, 0.15) is 11.2 Å². The Hall–Kier alpha value is -7.18. The maximum atomic E-state index is 6.86. The van der Waals surface area contributed by atoms with Crippen LogP contribution < -0.4 is 30.1 Å². The van der Waals surface area contributed by atoms with E-state index < -0.39 is 0 Å². The number of aryl methyl sites for hydroxylation is 2. The van der Waals surface area contributed by atoms with Gasteiger partial charge in [0, 0.05) is 56.4 Å². The molecule has 0 spiro atoms. The van der Waals surface area contributed by atoms with Crippen LogP contribution >= 0.6 is 0 Å². The first-order chi connectivity index (χ1) is 32.6.